The molecule has 1 amide bonds. The van der Waals surface area contributed by atoms with Crippen molar-refractivity contribution in [3.8, 4) is 0 Å². The number of sulfonamides is 1. The summed E-state index contributed by atoms with van der Waals surface area (Å²) in [5.41, 5.74) is 2.99. The van der Waals surface area contributed by atoms with Crippen LogP contribution < -0.4 is 0 Å². The Morgan fingerprint density at radius 2 is 1.93 bits per heavy atom. The highest BCUT2D eigenvalue weighted by atomic mass is 32.2. The predicted octanol–water partition coefficient (Wildman–Crippen LogP) is 0.924. The first-order chi connectivity index (χ1) is 13.2. The number of H-pyrrole nitrogens is 1. The fraction of sp³-hybridized carbons (Fsp3) is 0.611. The standard InChI is InChI=1S/C18H28N6O3S/c1-13-16(14(2)21-20-13)6-7-18(25)23-8-5-9-24(11-10-23)28(26,27)17-12-22(4)15(3)19-17/h12H,5-11H2,1-4H3,(H,20,21). The van der Waals surface area contributed by atoms with E-state index >= 15 is 0 Å². The van der Waals surface area contributed by atoms with Crippen molar-refractivity contribution in [3.63, 3.8) is 0 Å². The molecule has 1 aliphatic rings. The molecule has 0 spiro atoms. The van der Waals surface area contributed by atoms with Gasteiger partial charge in [-0.15, -0.1) is 0 Å². The number of nitrogens with one attached hydrogen (secondary N) is 1. The molecule has 2 aromatic rings. The van der Waals surface area contributed by atoms with Gasteiger partial charge in [0.25, 0.3) is 10.0 Å². The topological polar surface area (TPSA) is 104 Å². The van der Waals surface area contributed by atoms with Gasteiger partial charge in [-0.25, -0.2) is 13.4 Å². The summed E-state index contributed by atoms with van der Waals surface area (Å²) >= 11 is 0. The molecule has 1 fully saturated rings. The van der Waals surface area contributed by atoms with Crippen LogP contribution in [-0.4, -0.2) is 69.5 Å². The summed E-state index contributed by atoms with van der Waals surface area (Å²) in [6.45, 7) is 7.29. The summed E-state index contributed by atoms with van der Waals surface area (Å²) in [5, 5.41) is 7.17. The van der Waals surface area contributed by atoms with E-state index in [1.165, 1.54) is 10.5 Å². The van der Waals surface area contributed by atoms with E-state index in [2.05, 4.69) is 15.2 Å². The van der Waals surface area contributed by atoms with E-state index in [1.54, 1.807) is 23.4 Å². The third kappa shape index (κ3) is 4.12. The highest BCUT2D eigenvalue weighted by Gasteiger charge is 2.30. The highest BCUT2D eigenvalue weighted by Crippen LogP contribution is 2.18. The molecule has 28 heavy (non-hydrogen) atoms. The lowest BCUT2D eigenvalue weighted by Crippen LogP contribution is -2.37. The normalized spacial score (nSPS) is 16.4. The van der Waals surface area contributed by atoms with Crippen molar-refractivity contribution in [2.75, 3.05) is 26.2 Å². The molecule has 0 aromatic carbocycles. The summed E-state index contributed by atoms with van der Waals surface area (Å²) in [6.07, 6.45) is 3.18. The first kappa shape index (κ1) is 20.5. The highest BCUT2D eigenvalue weighted by molar-refractivity contribution is 7.89. The number of aromatic amines is 1. The summed E-state index contributed by atoms with van der Waals surface area (Å²) in [4.78, 5) is 18.6. The van der Waals surface area contributed by atoms with E-state index in [-0.39, 0.29) is 17.5 Å². The van der Waals surface area contributed by atoms with E-state index in [0.717, 1.165) is 17.0 Å². The number of amides is 1. The van der Waals surface area contributed by atoms with Crippen LogP contribution in [0, 0.1) is 20.8 Å². The SMILES string of the molecule is Cc1n[nH]c(C)c1CCC(=O)N1CCCN(S(=O)(=O)c2cn(C)c(C)n2)CC1. The maximum atomic E-state index is 12.9. The summed E-state index contributed by atoms with van der Waals surface area (Å²) in [7, 11) is -1.87. The van der Waals surface area contributed by atoms with Crippen molar-refractivity contribution in [3.05, 3.63) is 29.0 Å². The van der Waals surface area contributed by atoms with Gasteiger partial charge in [0.1, 0.15) is 5.82 Å². The molecular weight excluding hydrogens is 380 g/mol. The average molecular weight is 409 g/mol. The molecule has 0 saturated carbocycles. The lowest BCUT2D eigenvalue weighted by atomic mass is 10.1. The van der Waals surface area contributed by atoms with Crippen LogP contribution in [0.3, 0.4) is 0 Å². The molecule has 10 heteroatoms. The molecule has 154 valence electrons. The Labute approximate surface area is 165 Å². The average Bonchev–Trinajstić information content (AvgIpc) is 3.03. The Bertz CT molecular complexity index is 923. The van der Waals surface area contributed by atoms with Gasteiger partial charge in [-0.3, -0.25) is 9.89 Å². The molecule has 0 unspecified atom stereocenters. The molecule has 0 bridgehead atoms. The third-order valence-electron chi connectivity index (χ3n) is 5.37. The van der Waals surface area contributed by atoms with Gasteiger partial charge in [-0.05, 0) is 39.2 Å². The van der Waals surface area contributed by atoms with Crippen molar-refractivity contribution in [2.24, 2.45) is 7.05 Å². The second kappa shape index (κ2) is 8.04. The molecule has 0 radical (unpaired) electrons. The van der Waals surface area contributed by atoms with E-state index < -0.39 is 10.0 Å². The maximum absolute atomic E-state index is 12.9. The zero-order valence-electron chi connectivity index (χ0n) is 16.9. The van der Waals surface area contributed by atoms with Gasteiger partial charge in [0.2, 0.25) is 5.91 Å². The molecule has 1 saturated heterocycles. The van der Waals surface area contributed by atoms with Crippen molar-refractivity contribution in [2.45, 2.75) is 45.1 Å². The molecule has 3 rings (SSSR count). The van der Waals surface area contributed by atoms with E-state index in [0.29, 0.717) is 44.7 Å². The fourth-order valence-corrected chi connectivity index (χ4v) is 4.99. The van der Waals surface area contributed by atoms with Gasteiger partial charge in [0.05, 0.1) is 5.69 Å². The number of aryl methyl sites for hydroxylation is 4. The number of hydrogen-bond donors (Lipinski definition) is 1. The van der Waals surface area contributed by atoms with Crippen LogP contribution in [-0.2, 0) is 28.3 Å². The second-order valence-electron chi connectivity index (χ2n) is 7.29. The van der Waals surface area contributed by atoms with Crippen LogP contribution in [0.15, 0.2) is 11.2 Å². The number of carbonyl (C=O) groups excluding carboxylic acids is 1. The van der Waals surface area contributed by atoms with Crippen molar-refractivity contribution < 1.29 is 13.2 Å². The summed E-state index contributed by atoms with van der Waals surface area (Å²) in [6, 6.07) is 0. The number of nitrogens with zero attached hydrogens (tertiary/aromatic N) is 5. The Morgan fingerprint density at radius 1 is 1.18 bits per heavy atom. The van der Waals surface area contributed by atoms with Gasteiger partial charge >= 0.3 is 0 Å². The van der Waals surface area contributed by atoms with Gasteiger partial charge in [0, 0.05) is 51.5 Å². The van der Waals surface area contributed by atoms with Gasteiger partial charge in [0.15, 0.2) is 5.03 Å². The monoisotopic (exact) mass is 408 g/mol. The Balaban J connectivity index is 1.62. The smallest absolute Gasteiger partial charge is 0.262 e. The first-order valence-electron chi connectivity index (χ1n) is 9.48. The predicted molar refractivity (Wildman–Crippen MR) is 104 cm³/mol. The number of aromatic nitrogens is 4. The van der Waals surface area contributed by atoms with Crippen LogP contribution >= 0.6 is 0 Å². The van der Waals surface area contributed by atoms with Gasteiger partial charge in [-0.2, -0.15) is 9.40 Å². The van der Waals surface area contributed by atoms with Crippen LogP contribution in [0.2, 0.25) is 0 Å². The molecule has 0 aliphatic carbocycles. The quantitative estimate of drug-likeness (QED) is 0.792. The minimum Gasteiger partial charge on any atom is -0.341 e. The summed E-state index contributed by atoms with van der Waals surface area (Å²) < 4.78 is 28.9. The Hall–Kier alpha value is -2.20. The van der Waals surface area contributed by atoms with E-state index in [9.17, 15) is 13.2 Å². The van der Waals surface area contributed by atoms with Crippen LogP contribution in [0.5, 0.6) is 0 Å². The zero-order chi connectivity index (χ0) is 20.5. The third-order valence-corrected chi connectivity index (χ3v) is 7.14. The number of carbonyl (C=O) groups is 1. The number of rotatable bonds is 5. The lowest BCUT2D eigenvalue weighted by Gasteiger charge is -2.21. The van der Waals surface area contributed by atoms with Crippen LogP contribution in [0.4, 0.5) is 0 Å². The molecule has 0 atom stereocenters. The van der Waals surface area contributed by atoms with Crippen LogP contribution in [0.1, 0.15) is 35.6 Å². The second-order valence-corrected chi connectivity index (χ2v) is 9.17. The fourth-order valence-electron chi connectivity index (χ4n) is 3.50. The zero-order valence-corrected chi connectivity index (χ0v) is 17.7. The lowest BCUT2D eigenvalue weighted by molar-refractivity contribution is -0.131. The van der Waals surface area contributed by atoms with E-state index in [1.807, 2.05) is 13.8 Å². The minimum absolute atomic E-state index is 0.0490. The van der Waals surface area contributed by atoms with Crippen molar-refractivity contribution in [1.29, 1.82) is 0 Å². The largest absolute Gasteiger partial charge is 0.341 e. The Morgan fingerprint density at radius 3 is 2.54 bits per heavy atom. The first-order valence-corrected chi connectivity index (χ1v) is 10.9. The molecule has 1 aliphatic heterocycles. The molecule has 1 N–H and O–H groups in total. The maximum Gasteiger partial charge on any atom is 0.262 e. The Kier molecular flexibility index (Phi) is 5.90. The van der Waals surface area contributed by atoms with Gasteiger partial charge in [-0.1, -0.05) is 0 Å². The molecule has 3 heterocycles. The van der Waals surface area contributed by atoms with Crippen LogP contribution in [0.25, 0.3) is 0 Å². The molecular formula is C18H28N6O3S. The molecule has 9 nitrogen and oxygen atoms in total. The van der Waals surface area contributed by atoms with E-state index in [4.69, 9.17) is 0 Å². The number of hydrogen-bond acceptors (Lipinski definition) is 5. The van der Waals surface area contributed by atoms with Crippen molar-refractivity contribution >= 4 is 15.9 Å². The summed E-state index contributed by atoms with van der Waals surface area (Å²) in [5.74, 6) is 0.697. The number of imidazole rings is 1. The molecule has 2 aromatic heterocycles. The van der Waals surface area contributed by atoms with Crippen molar-refractivity contribution in [1.82, 2.24) is 29.0 Å². The minimum atomic E-state index is -3.64. The van der Waals surface area contributed by atoms with Gasteiger partial charge < -0.3 is 9.47 Å².